The van der Waals surface area contributed by atoms with Crippen LogP contribution in [0.15, 0.2) is 42.5 Å². The summed E-state index contributed by atoms with van der Waals surface area (Å²) in [5.41, 5.74) is 1.63. The van der Waals surface area contributed by atoms with Gasteiger partial charge in [0.15, 0.2) is 44.0 Å². The third kappa shape index (κ3) is 19.9. The van der Waals surface area contributed by atoms with Crippen LogP contribution in [0.2, 0.25) is 0 Å². The number of aliphatic hydroxyl groups excluding tert-OH is 19. The molecule has 2 aromatic carbocycles. The Kier molecular flexibility index (Phi) is 31.2. The van der Waals surface area contributed by atoms with E-state index in [-0.39, 0.29) is 66.3 Å². The molecule has 2 aromatic rings. The zero-order valence-corrected chi connectivity index (χ0v) is 57.4. The summed E-state index contributed by atoms with van der Waals surface area (Å²) in [5, 5.41) is 240. The van der Waals surface area contributed by atoms with Crippen LogP contribution in [0.3, 0.4) is 0 Å². The summed E-state index contributed by atoms with van der Waals surface area (Å²) in [7, 11) is -4.60. The number of phenolic OH excluding ortho intramolecular Hbond substituents is 3. The predicted molar refractivity (Wildman–Crippen MR) is 321 cm³/mol. The molecule has 102 heavy (non-hydrogen) atoms. The molecule has 35 atom stereocenters. The zero-order chi connectivity index (χ0) is 73.6. The van der Waals surface area contributed by atoms with Gasteiger partial charge in [0.2, 0.25) is 0 Å². The molecule has 21 heterocycles. The van der Waals surface area contributed by atoms with Crippen LogP contribution in [-0.2, 0) is 81.2 Å². The fourth-order valence-corrected chi connectivity index (χ4v) is 13.1. The molecule has 21 fully saturated rings. The minimum absolute atomic E-state index is 0. The van der Waals surface area contributed by atoms with Gasteiger partial charge in [0.25, 0.3) is 0 Å². The molecule has 42 heteroatoms. The molecule has 21 aliphatic rings. The molecule has 40 nitrogen and oxygen atoms in total. The number of benzene rings is 2. The van der Waals surface area contributed by atoms with E-state index < -0.39 is 270 Å². The normalized spacial score (nSPS) is 44.6. The average molecular weight is 1510 g/mol. The molecule has 0 unspecified atom stereocenters. The number of aromatic hydroxyl groups is 3. The van der Waals surface area contributed by atoms with Crippen LogP contribution in [0.25, 0.3) is 12.2 Å². The Morgan fingerprint density at radius 3 is 0.951 bits per heavy atom. The molecule has 576 valence electrons. The van der Waals surface area contributed by atoms with Gasteiger partial charge in [0.1, 0.15) is 182 Å². The topological polar surface area (TPSA) is 641 Å². The minimum atomic E-state index is -4.60. The van der Waals surface area contributed by atoms with Crippen molar-refractivity contribution in [1.82, 2.24) is 0 Å². The van der Waals surface area contributed by atoms with Crippen LogP contribution in [-0.4, -0.2) is 392 Å². The Bertz CT molecular complexity index is 3000. The van der Waals surface area contributed by atoms with Gasteiger partial charge < -0.3 is 188 Å². The van der Waals surface area contributed by atoms with Crippen LogP contribution in [0.5, 0.6) is 17.2 Å². The first-order valence-electron chi connectivity index (χ1n) is 32.2. The molecule has 21 saturated heterocycles. The van der Waals surface area contributed by atoms with Gasteiger partial charge in [-0.3, -0.25) is 0 Å². The molecule has 0 radical (unpaired) electrons. The van der Waals surface area contributed by atoms with Crippen molar-refractivity contribution in [3.8, 4) is 17.2 Å². The third-order valence-corrected chi connectivity index (χ3v) is 18.8. The van der Waals surface area contributed by atoms with E-state index in [1.54, 1.807) is 42.5 Å². The monoisotopic (exact) mass is 1500 g/mol. The van der Waals surface area contributed by atoms with Crippen LogP contribution < -0.4 is 29.6 Å². The number of phenols is 3. The van der Waals surface area contributed by atoms with E-state index in [1.165, 1.54) is 13.0 Å². The summed E-state index contributed by atoms with van der Waals surface area (Å²) in [6.07, 6.45) is -65.9. The first-order valence-corrected chi connectivity index (χ1v) is 33.7. The van der Waals surface area contributed by atoms with E-state index >= 15 is 0 Å². The molecule has 21 aliphatic heterocycles. The van der Waals surface area contributed by atoms with Gasteiger partial charge in [-0.1, -0.05) is 24.3 Å². The molecular formula is C60H89NaO40S. The minimum Gasteiger partial charge on any atom is -0.748 e. The van der Waals surface area contributed by atoms with Crippen LogP contribution in [0.4, 0.5) is 0 Å². The first-order chi connectivity index (χ1) is 47.9. The Morgan fingerprint density at radius 1 is 0.363 bits per heavy atom. The first kappa shape index (κ1) is 84.7. The second kappa shape index (κ2) is 37.5. The van der Waals surface area contributed by atoms with E-state index in [0.29, 0.717) is 5.56 Å². The van der Waals surface area contributed by atoms with Crippen molar-refractivity contribution in [2.75, 3.05) is 52.0 Å². The van der Waals surface area contributed by atoms with Crippen LogP contribution in [0, 0.1) is 0 Å². The van der Waals surface area contributed by atoms with Gasteiger partial charge in [-0.2, -0.15) is 0 Å². The Morgan fingerprint density at radius 2 is 0.637 bits per heavy atom. The number of aliphatic hydroxyl groups is 19. The standard InChI is InChI=1S/C46H78O37S.C14H12O3.Na/c1-12-33-19(52)26(59)40(70-12)78-34-13(6-47)71-41(27(60)20(34)53)79-35-14(7-48)72-42(28(61)21(35)54)80-36-15(8-49)73-43(29(62)22(36)55)81-37-16(9-50)74-44(30(63)23(37)56)82-38-17(10-51)75-45(31(64)24(38)57)83-39-18(76-46(77-33)32(65)25(39)58)11-69-4-2-3-5-84(66,67)68;15-12-5-3-10(4-6-12)1-2-11-7-13(16)9-14(17)8-11;/h12-65H,2-11H2,1H3,(H,66,67,68);1-9,15-17H;/q;;+1/p-1/t12-,13-,14-,15-,16-,17-,18-,19-,20-,21-,22-,23-,24-,25-,26-,27-,28-,29-,30-,31-,32-,33-,34-,35-,36-,37-,38-,39-,40-,41-,42-,43-,44-,45-,46-;;/m1../s1. The second-order valence-corrected chi connectivity index (χ2v) is 26.7. The van der Waals surface area contributed by atoms with Gasteiger partial charge in [0.05, 0.1) is 55.9 Å². The quantitative estimate of drug-likeness (QED) is 0.0361. The van der Waals surface area contributed by atoms with Crippen molar-refractivity contribution in [3.05, 3.63) is 53.6 Å². The molecule has 14 bridgehead atoms. The maximum atomic E-state index is 11.7. The molecule has 0 aliphatic carbocycles. The molecule has 23 rings (SSSR count). The van der Waals surface area contributed by atoms with E-state index in [0.717, 1.165) is 5.56 Å². The predicted octanol–water partition coefficient (Wildman–Crippen LogP) is -13.9. The maximum Gasteiger partial charge on any atom is 1.00 e. The summed E-state index contributed by atoms with van der Waals surface area (Å²) < 4.78 is 120. The number of unbranched alkanes of at least 4 members (excludes halogenated alkanes) is 1. The van der Waals surface area contributed by atoms with Crippen molar-refractivity contribution >= 4 is 22.3 Å². The summed E-state index contributed by atoms with van der Waals surface area (Å²) >= 11 is 0. The zero-order valence-electron chi connectivity index (χ0n) is 54.6. The fraction of sp³-hybridized carbons (Fsp3) is 0.767. The summed E-state index contributed by atoms with van der Waals surface area (Å²) in [6, 6.07) is 11.1. The van der Waals surface area contributed by atoms with Gasteiger partial charge >= 0.3 is 29.6 Å². The smallest absolute Gasteiger partial charge is 0.748 e. The van der Waals surface area contributed by atoms with Crippen LogP contribution >= 0.6 is 0 Å². The van der Waals surface area contributed by atoms with E-state index in [4.69, 9.17) is 76.2 Å². The van der Waals surface area contributed by atoms with Crippen molar-refractivity contribution in [3.63, 3.8) is 0 Å². The summed E-state index contributed by atoms with van der Waals surface area (Å²) in [5.74, 6) is -0.474. The van der Waals surface area contributed by atoms with Crippen molar-refractivity contribution in [2.24, 2.45) is 0 Å². The van der Waals surface area contributed by atoms with Gasteiger partial charge in [0, 0.05) is 18.4 Å². The van der Waals surface area contributed by atoms with Crippen molar-refractivity contribution in [2.45, 2.75) is 235 Å². The average Bonchev–Trinajstić information content (AvgIpc) is 0.782. The van der Waals surface area contributed by atoms with Gasteiger partial charge in [-0.15, -0.1) is 0 Å². The SMILES string of the molecule is C[C@H]1O[C@@H]2O[C@H]3[C@H](O)[C@@H](O)[C@@H](O[C@H]4[C@H](O)[C@@H](O)[C@@H](O[C@H]5[C@H](O)[C@@H](O)[C@@H](O[C@H]6[C@H](O)[C@@H](O)[C@@H](O[C@H]7[C@H](O)[C@@H](O)[C@@H](O[C@H]8[C@H](O)[C@@H](O)[C@@H](O[C@H]1[C@H](O)[C@H]2O)O[C@@H]8COCCCCS(=O)(=O)[O-])O[C@@H]7CO)O[C@@H]6CO)O[C@@H]5CO)O[C@@H]4CO)O[C@@H]3CO.Oc1ccc(C=Cc2cc(O)cc(O)c2)cc1.[Na+]. The number of hydrogen-bond acceptors (Lipinski definition) is 40. The Labute approximate surface area is 602 Å². The van der Waals surface area contributed by atoms with Gasteiger partial charge in [-0.25, -0.2) is 8.42 Å². The van der Waals surface area contributed by atoms with Gasteiger partial charge in [-0.05, 0) is 55.2 Å². The number of ether oxygens (including phenoxy) is 15. The molecule has 0 amide bonds. The van der Waals surface area contributed by atoms with Crippen molar-refractivity contribution in [1.29, 1.82) is 0 Å². The molecule has 0 aromatic heterocycles. The third-order valence-electron chi connectivity index (χ3n) is 18.1. The Balaban J connectivity index is 0.000000638. The maximum absolute atomic E-state index is 11.7. The molecular weight excluding hydrogens is 1420 g/mol. The van der Waals surface area contributed by atoms with Crippen LogP contribution in [0.1, 0.15) is 30.9 Å². The molecule has 0 spiro atoms. The molecule has 0 saturated carbocycles. The largest absolute Gasteiger partial charge is 1.00 e. The second-order valence-electron chi connectivity index (χ2n) is 25.2. The van der Waals surface area contributed by atoms with E-state index in [1.807, 2.05) is 6.08 Å². The summed E-state index contributed by atoms with van der Waals surface area (Å²) in [4.78, 5) is 0. The number of hydrogen-bond donors (Lipinski definition) is 22. The van der Waals surface area contributed by atoms with Crippen molar-refractivity contribution < 1.29 is 226 Å². The van der Waals surface area contributed by atoms with E-state index in [2.05, 4.69) is 0 Å². The van der Waals surface area contributed by atoms with E-state index in [9.17, 15) is 120 Å². The fourth-order valence-electron chi connectivity index (χ4n) is 12.6. The number of rotatable bonds is 14. The molecule has 22 N–H and O–H groups in total. The summed E-state index contributed by atoms with van der Waals surface area (Å²) in [6.45, 7) is -4.85. The Hall–Kier alpha value is -2.87.